The minimum absolute atomic E-state index is 0.108. The zero-order valence-electron chi connectivity index (χ0n) is 17.8. The molecule has 2 aliphatic rings. The number of rotatable bonds is 6. The van der Waals surface area contributed by atoms with Crippen molar-refractivity contribution in [3.05, 3.63) is 30.1 Å². The number of amides is 2. The lowest BCUT2D eigenvalue weighted by atomic mass is 9.92. The van der Waals surface area contributed by atoms with Crippen LogP contribution < -0.4 is 5.32 Å². The van der Waals surface area contributed by atoms with Gasteiger partial charge in [-0.05, 0) is 49.3 Å². The van der Waals surface area contributed by atoms with Crippen LogP contribution >= 0.6 is 11.8 Å². The molecule has 1 aromatic carbocycles. The minimum Gasteiger partial charge on any atom is -0.341 e. The van der Waals surface area contributed by atoms with Crippen LogP contribution in [0.15, 0.2) is 29.4 Å². The first kappa shape index (κ1) is 20.9. The molecule has 2 unspecified atom stereocenters. The number of hydrogen-bond donors (Lipinski definition) is 1. The van der Waals surface area contributed by atoms with Crippen LogP contribution in [-0.4, -0.2) is 50.3 Å². The largest absolute Gasteiger partial charge is 0.341 e. The number of nitrogens with zero attached hydrogens (tertiary/aromatic N) is 4. The van der Waals surface area contributed by atoms with Crippen molar-refractivity contribution in [2.24, 2.45) is 11.8 Å². The van der Waals surface area contributed by atoms with Gasteiger partial charge in [-0.1, -0.05) is 31.7 Å². The fraction of sp³-hybridized carbons (Fsp3) is 0.545. The molecule has 2 heterocycles. The lowest BCUT2D eigenvalue weighted by Gasteiger charge is -2.35. The molecule has 2 amide bonds. The van der Waals surface area contributed by atoms with Crippen molar-refractivity contribution in [2.45, 2.75) is 51.1 Å². The van der Waals surface area contributed by atoms with Crippen LogP contribution in [0.1, 0.15) is 51.8 Å². The summed E-state index contributed by atoms with van der Waals surface area (Å²) in [6, 6.07) is 7.69. The Hall–Kier alpha value is -2.35. The molecule has 4 rings (SSSR count). The molecule has 160 valence electrons. The Balaban J connectivity index is 1.53. The summed E-state index contributed by atoms with van der Waals surface area (Å²) < 4.78 is 2.04. The molecule has 2 atom stereocenters. The summed E-state index contributed by atoms with van der Waals surface area (Å²) >= 11 is 1.44. The maximum Gasteiger partial charge on any atom is 0.233 e. The highest BCUT2D eigenvalue weighted by Crippen LogP contribution is 2.41. The van der Waals surface area contributed by atoms with Gasteiger partial charge >= 0.3 is 0 Å². The number of anilines is 1. The van der Waals surface area contributed by atoms with E-state index in [1.54, 1.807) is 0 Å². The van der Waals surface area contributed by atoms with E-state index in [0.717, 1.165) is 48.3 Å². The van der Waals surface area contributed by atoms with Gasteiger partial charge < -0.3 is 10.2 Å². The second kappa shape index (κ2) is 8.79. The van der Waals surface area contributed by atoms with E-state index in [0.29, 0.717) is 23.5 Å². The average Bonchev–Trinajstić information content (AvgIpc) is 3.44. The van der Waals surface area contributed by atoms with E-state index in [2.05, 4.69) is 29.4 Å². The summed E-state index contributed by atoms with van der Waals surface area (Å²) in [5.41, 5.74) is 1.64. The van der Waals surface area contributed by atoms with Gasteiger partial charge in [-0.3, -0.25) is 14.2 Å². The van der Waals surface area contributed by atoms with Gasteiger partial charge in [0.05, 0.1) is 11.4 Å². The van der Waals surface area contributed by atoms with Crippen LogP contribution in [0.5, 0.6) is 0 Å². The molecule has 1 aliphatic heterocycles. The summed E-state index contributed by atoms with van der Waals surface area (Å²) in [4.78, 5) is 26.3. The number of carbonyl (C=O) groups excluding carboxylic acids is 2. The summed E-state index contributed by atoms with van der Waals surface area (Å²) in [5, 5.41) is 12.4. The first-order valence-corrected chi connectivity index (χ1v) is 11.6. The molecule has 0 radical (unpaired) electrons. The third kappa shape index (κ3) is 4.86. The molecule has 1 N–H and O–H groups in total. The highest BCUT2D eigenvalue weighted by atomic mass is 32.2. The molecule has 1 saturated carbocycles. The summed E-state index contributed by atoms with van der Waals surface area (Å²) in [7, 11) is 0. The van der Waals surface area contributed by atoms with Crippen LogP contribution in [0.4, 0.5) is 5.69 Å². The molecule has 0 spiro atoms. The Kier molecular flexibility index (Phi) is 6.13. The van der Waals surface area contributed by atoms with Crippen molar-refractivity contribution in [3.8, 4) is 5.69 Å². The van der Waals surface area contributed by atoms with E-state index >= 15 is 0 Å². The highest BCUT2D eigenvalue weighted by Gasteiger charge is 2.32. The predicted octanol–water partition coefficient (Wildman–Crippen LogP) is 3.70. The van der Waals surface area contributed by atoms with E-state index in [-0.39, 0.29) is 11.8 Å². The Morgan fingerprint density at radius 3 is 2.57 bits per heavy atom. The Labute approximate surface area is 181 Å². The fourth-order valence-electron chi connectivity index (χ4n) is 4.23. The van der Waals surface area contributed by atoms with E-state index in [4.69, 9.17) is 0 Å². The maximum absolute atomic E-state index is 12.8. The summed E-state index contributed by atoms with van der Waals surface area (Å²) in [6.07, 6.45) is 3.40. The van der Waals surface area contributed by atoms with Crippen molar-refractivity contribution in [1.29, 1.82) is 0 Å². The molecule has 0 bridgehead atoms. The molecular weight excluding hydrogens is 398 g/mol. The number of hydrogen-bond acceptors (Lipinski definition) is 5. The molecule has 1 aliphatic carbocycles. The van der Waals surface area contributed by atoms with Crippen LogP contribution in [0, 0.1) is 11.8 Å². The van der Waals surface area contributed by atoms with E-state index in [9.17, 15) is 9.59 Å². The Bertz CT molecular complexity index is 929. The number of nitrogens with one attached hydrogen (secondary N) is 1. The normalized spacial score (nSPS) is 21.5. The first-order chi connectivity index (χ1) is 14.4. The number of piperidine rings is 1. The van der Waals surface area contributed by atoms with Gasteiger partial charge in [0, 0.05) is 31.6 Å². The van der Waals surface area contributed by atoms with Gasteiger partial charge in [0.25, 0.3) is 0 Å². The van der Waals surface area contributed by atoms with E-state index in [1.165, 1.54) is 25.1 Å². The predicted molar refractivity (Wildman–Crippen MR) is 118 cm³/mol. The van der Waals surface area contributed by atoms with Gasteiger partial charge in [0.1, 0.15) is 5.82 Å². The number of likely N-dealkylation sites (tertiary alicyclic amines) is 1. The molecule has 7 nitrogen and oxygen atoms in total. The third-order valence-electron chi connectivity index (χ3n) is 5.57. The zero-order chi connectivity index (χ0) is 21.3. The van der Waals surface area contributed by atoms with Crippen molar-refractivity contribution < 1.29 is 9.59 Å². The minimum atomic E-state index is -0.108. The highest BCUT2D eigenvalue weighted by molar-refractivity contribution is 7.99. The third-order valence-corrected chi connectivity index (χ3v) is 6.49. The van der Waals surface area contributed by atoms with Crippen LogP contribution in [0.25, 0.3) is 5.69 Å². The second-order valence-electron chi connectivity index (χ2n) is 8.72. The van der Waals surface area contributed by atoms with Gasteiger partial charge in [-0.2, -0.15) is 0 Å². The maximum atomic E-state index is 12.8. The smallest absolute Gasteiger partial charge is 0.233 e. The molecule has 2 fully saturated rings. The second-order valence-corrected chi connectivity index (χ2v) is 9.66. The number of thioether (sulfide) groups is 1. The summed E-state index contributed by atoms with van der Waals surface area (Å²) in [5.74, 6) is 2.85. The number of aromatic nitrogens is 3. The standard InChI is InChI=1S/C22H29N5O2S/c1-14-9-15(2)12-26(11-14)20(29)13-30-22-25-24-21(17-7-8-17)27(22)19-6-4-5-18(10-19)23-16(3)28/h4-6,10,14-15,17H,7-9,11-13H2,1-3H3,(H,23,28). The fourth-order valence-corrected chi connectivity index (χ4v) is 5.10. The molecule has 8 heteroatoms. The molecule has 1 aromatic heterocycles. The van der Waals surface area contributed by atoms with Crippen LogP contribution in [0.3, 0.4) is 0 Å². The van der Waals surface area contributed by atoms with Crippen molar-refractivity contribution in [3.63, 3.8) is 0 Å². The van der Waals surface area contributed by atoms with Crippen molar-refractivity contribution >= 4 is 29.3 Å². The monoisotopic (exact) mass is 427 g/mol. The quantitative estimate of drug-likeness (QED) is 0.711. The topological polar surface area (TPSA) is 80.1 Å². The Morgan fingerprint density at radius 1 is 1.17 bits per heavy atom. The van der Waals surface area contributed by atoms with Gasteiger partial charge in [-0.25, -0.2) is 0 Å². The van der Waals surface area contributed by atoms with Crippen LogP contribution in [0.2, 0.25) is 0 Å². The lowest BCUT2D eigenvalue weighted by Crippen LogP contribution is -2.43. The van der Waals surface area contributed by atoms with Crippen molar-refractivity contribution in [1.82, 2.24) is 19.7 Å². The Morgan fingerprint density at radius 2 is 1.90 bits per heavy atom. The SMILES string of the molecule is CC(=O)Nc1cccc(-n2c(SCC(=O)N3CC(C)CC(C)C3)nnc2C2CC2)c1. The first-order valence-electron chi connectivity index (χ1n) is 10.6. The average molecular weight is 428 g/mol. The zero-order valence-corrected chi connectivity index (χ0v) is 18.6. The van der Waals surface area contributed by atoms with Gasteiger partial charge in [0.15, 0.2) is 5.16 Å². The van der Waals surface area contributed by atoms with Crippen LogP contribution in [-0.2, 0) is 9.59 Å². The lowest BCUT2D eigenvalue weighted by molar-refractivity contribution is -0.131. The molecule has 2 aromatic rings. The van der Waals surface area contributed by atoms with E-state index in [1.807, 2.05) is 33.7 Å². The van der Waals surface area contributed by atoms with Crippen molar-refractivity contribution in [2.75, 3.05) is 24.2 Å². The number of benzene rings is 1. The molecule has 1 saturated heterocycles. The number of carbonyl (C=O) groups is 2. The van der Waals surface area contributed by atoms with E-state index < -0.39 is 0 Å². The molecular formula is C22H29N5O2S. The summed E-state index contributed by atoms with van der Waals surface area (Å²) in [6.45, 7) is 7.59. The molecule has 30 heavy (non-hydrogen) atoms. The van der Waals surface area contributed by atoms with Gasteiger partial charge in [0.2, 0.25) is 11.8 Å². The van der Waals surface area contributed by atoms with Gasteiger partial charge in [-0.15, -0.1) is 10.2 Å².